The number of carbonyl (C=O) groups excluding carboxylic acids is 3. The first-order valence-corrected chi connectivity index (χ1v) is 10.3. The molecule has 4 rings (SSSR count). The minimum atomic E-state index is -0.892. The zero-order chi connectivity index (χ0) is 19.6. The van der Waals surface area contributed by atoms with Crippen LogP contribution in [0.4, 0.5) is 0 Å². The zero-order valence-electron chi connectivity index (χ0n) is 15.3. The van der Waals surface area contributed by atoms with Gasteiger partial charge in [0.1, 0.15) is 18.4 Å². The lowest BCUT2D eigenvalue weighted by Crippen LogP contribution is -2.69. The molecule has 1 aromatic heterocycles. The summed E-state index contributed by atoms with van der Waals surface area (Å²) in [6.45, 7) is -0.0729. The third-order valence-corrected chi connectivity index (χ3v) is 6.28. The van der Waals surface area contributed by atoms with Gasteiger partial charge in [-0.3, -0.25) is 24.3 Å². The second-order valence-corrected chi connectivity index (χ2v) is 8.00. The Morgan fingerprint density at radius 2 is 1.89 bits per heavy atom. The molecule has 9 heteroatoms. The zero-order valence-corrected chi connectivity index (χ0v) is 16.2. The molecule has 0 atom stereocenters. The number of imide groups is 1. The van der Waals surface area contributed by atoms with Crippen molar-refractivity contribution in [3.05, 3.63) is 36.7 Å². The summed E-state index contributed by atoms with van der Waals surface area (Å²) in [5.74, 6) is -0.896. The summed E-state index contributed by atoms with van der Waals surface area (Å²) in [6, 6.07) is 9.62. The predicted octanol–water partition coefficient (Wildman–Crippen LogP) is 1.55. The van der Waals surface area contributed by atoms with Crippen LogP contribution < -0.4 is 5.32 Å². The average molecular weight is 399 g/mol. The van der Waals surface area contributed by atoms with Gasteiger partial charge in [-0.2, -0.15) is 0 Å². The van der Waals surface area contributed by atoms with E-state index >= 15 is 0 Å². The van der Waals surface area contributed by atoms with Gasteiger partial charge in [-0.05, 0) is 25.0 Å². The van der Waals surface area contributed by atoms with Crippen molar-refractivity contribution in [2.45, 2.75) is 42.8 Å². The Kier molecular flexibility index (Phi) is 5.17. The van der Waals surface area contributed by atoms with E-state index in [1.165, 1.54) is 16.7 Å². The van der Waals surface area contributed by atoms with Crippen LogP contribution in [0.2, 0.25) is 0 Å². The largest absolute Gasteiger partial charge is 0.318 e. The van der Waals surface area contributed by atoms with E-state index in [9.17, 15) is 14.4 Å². The Bertz CT molecular complexity index is 892. The highest BCUT2D eigenvalue weighted by Gasteiger charge is 2.50. The van der Waals surface area contributed by atoms with E-state index in [1.54, 1.807) is 6.33 Å². The van der Waals surface area contributed by atoms with E-state index in [0.717, 1.165) is 24.9 Å². The fraction of sp³-hybridized carbons (Fsp3) is 0.421. The van der Waals surface area contributed by atoms with E-state index in [-0.39, 0.29) is 24.1 Å². The number of amides is 3. The van der Waals surface area contributed by atoms with E-state index in [1.807, 2.05) is 34.9 Å². The Labute approximate surface area is 166 Å². The SMILES string of the molecule is O=C1CN(C(=O)CSc2nncn2-c2ccccc2)C2(CCCCC2)C(=O)N1. The molecule has 0 unspecified atom stereocenters. The molecule has 0 bridgehead atoms. The third kappa shape index (κ3) is 3.42. The molecule has 2 heterocycles. The molecule has 1 aromatic carbocycles. The van der Waals surface area contributed by atoms with Crippen LogP contribution in [0, 0.1) is 0 Å². The minimum Gasteiger partial charge on any atom is -0.318 e. The van der Waals surface area contributed by atoms with Gasteiger partial charge in [-0.1, -0.05) is 49.2 Å². The number of para-hydroxylation sites is 1. The van der Waals surface area contributed by atoms with Crippen LogP contribution in [0.3, 0.4) is 0 Å². The molecule has 3 amide bonds. The van der Waals surface area contributed by atoms with Gasteiger partial charge in [0.25, 0.3) is 5.91 Å². The molecule has 1 spiro atoms. The molecule has 1 aliphatic carbocycles. The highest BCUT2D eigenvalue weighted by Crippen LogP contribution is 2.36. The summed E-state index contributed by atoms with van der Waals surface area (Å²) in [5, 5.41) is 11.1. The van der Waals surface area contributed by atoms with Crippen molar-refractivity contribution in [2.75, 3.05) is 12.3 Å². The van der Waals surface area contributed by atoms with Gasteiger partial charge in [0, 0.05) is 5.69 Å². The van der Waals surface area contributed by atoms with E-state index in [4.69, 9.17) is 0 Å². The highest BCUT2D eigenvalue weighted by atomic mass is 32.2. The number of rotatable bonds is 4. The average Bonchev–Trinajstić information content (AvgIpc) is 3.19. The minimum absolute atomic E-state index is 0.0729. The van der Waals surface area contributed by atoms with Crippen LogP contribution in [-0.2, 0) is 14.4 Å². The first kappa shape index (κ1) is 18.7. The van der Waals surface area contributed by atoms with E-state index in [2.05, 4.69) is 15.5 Å². The standard InChI is InChI=1S/C19H21N5O3S/c25-15-11-24(19(17(27)21-15)9-5-2-6-10-19)16(26)12-28-18-22-20-13-23(18)14-7-3-1-4-8-14/h1,3-4,7-8,13H,2,5-6,9-12H2,(H,21,25,27). The number of benzene rings is 1. The molecular formula is C19H21N5O3S. The Morgan fingerprint density at radius 3 is 2.64 bits per heavy atom. The van der Waals surface area contributed by atoms with Crippen molar-refractivity contribution >= 4 is 29.5 Å². The highest BCUT2D eigenvalue weighted by molar-refractivity contribution is 7.99. The number of nitrogens with one attached hydrogen (secondary N) is 1. The van der Waals surface area contributed by atoms with Crippen molar-refractivity contribution in [3.63, 3.8) is 0 Å². The van der Waals surface area contributed by atoms with Crippen LogP contribution in [0.1, 0.15) is 32.1 Å². The molecule has 1 aliphatic heterocycles. The van der Waals surface area contributed by atoms with Crippen LogP contribution in [0.25, 0.3) is 5.69 Å². The lowest BCUT2D eigenvalue weighted by Gasteiger charge is -2.47. The molecule has 2 fully saturated rings. The van der Waals surface area contributed by atoms with Crippen LogP contribution in [0.5, 0.6) is 0 Å². The molecule has 2 aliphatic rings. The monoisotopic (exact) mass is 399 g/mol. The number of piperazine rings is 1. The lowest BCUT2D eigenvalue weighted by atomic mass is 9.78. The van der Waals surface area contributed by atoms with Gasteiger partial charge >= 0.3 is 0 Å². The van der Waals surface area contributed by atoms with E-state index < -0.39 is 11.4 Å². The summed E-state index contributed by atoms with van der Waals surface area (Å²) in [6.07, 6.45) is 5.59. The fourth-order valence-corrected chi connectivity index (χ4v) is 4.76. The second-order valence-electron chi connectivity index (χ2n) is 7.06. The summed E-state index contributed by atoms with van der Waals surface area (Å²) >= 11 is 1.26. The maximum Gasteiger partial charge on any atom is 0.252 e. The van der Waals surface area contributed by atoms with Crippen molar-refractivity contribution in [1.29, 1.82) is 0 Å². The van der Waals surface area contributed by atoms with E-state index in [0.29, 0.717) is 18.0 Å². The summed E-state index contributed by atoms with van der Waals surface area (Å²) in [7, 11) is 0. The fourth-order valence-electron chi connectivity index (χ4n) is 3.95. The third-order valence-electron chi connectivity index (χ3n) is 5.35. The molecule has 2 aromatic rings. The first-order valence-electron chi connectivity index (χ1n) is 9.33. The van der Waals surface area contributed by atoms with Crippen molar-refractivity contribution in [1.82, 2.24) is 25.0 Å². The molecular weight excluding hydrogens is 378 g/mol. The summed E-state index contributed by atoms with van der Waals surface area (Å²) < 4.78 is 1.81. The van der Waals surface area contributed by atoms with Gasteiger partial charge in [0.2, 0.25) is 11.8 Å². The van der Waals surface area contributed by atoms with Gasteiger partial charge in [0.15, 0.2) is 5.16 Å². The summed E-state index contributed by atoms with van der Waals surface area (Å²) in [4.78, 5) is 39.0. The Balaban J connectivity index is 1.51. The Hall–Kier alpha value is -2.68. The molecule has 146 valence electrons. The number of thioether (sulfide) groups is 1. The number of hydrogen-bond acceptors (Lipinski definition) is 6. The number of hydrogen-bond donors (Lipinski definition) is 1. The lowest BCUT2D eigenvalue weighted by molar-refractivity contribution is -0.158. The van der Waals surface area contributed by atoms with Gasteiger partial charge in [-0.15, -0.1) is 10.2 Å². The Morgan fingerprint density at radius 1 is 1.14 bits per heavy atom. The topological polar surface area (TPSA) is 97.2 Å². The molecule has 1 N–H and O–H groups in total. The molecule has 8 nitrogen and oxygen atoms in total. The maximum absolute atomic E-state index is 13.0. The predicted molar refractivity (Wildman–Crippen MR) is 103 cm³/mol. The molecule has 0 radical (unpaired) electrons. The van der Waals surface area contributed by atoms with Crippen LogP contribution in [0.15, 0.2) is 41.8 Å². The van der Waals surface area contributed by atoms with Crippen molar-refractivity contribution in [3.8, 4) is 5.69 Å². The molecule has 1 saturated carbocycles. The van der Waals surface area contributed by atoms with Gasteiger partial charge < -0.3 is 4.90 Å². The van der Waals surface area contributed by atoms with Crippen molar-refractivity contribution < 1.29 is 14.4 Å². The number of nitrogens with zero attached hydrogens (tertiary/aromatic N) is 4. The maximum atomic E-state index is 13.0. The number of carbonyl (C=O) groups is 3. The quantitative estimate of drug-likeness (QED) is 0.619. The second kappa shape index (κ2) is 7.75. The van der Waals surface area contributed by atoms with Crippen LogP contribution >= 0.6 is 11.8 Å². The normalized spacial score (nSPS) is 18.9. The molecule has 1 saturated heterocycles. The van der Waals surface area contributed by atoms with Crippen molar-refractivity contribution in [2.24, 2.45) is 0 Å². The van der Waals surface area contributed by atoms with Gasteiger partial charge in [0.05, 0.1) is 5.75 Å². The van der Waals surface area contributed by atoms with Crippen LogP contribution in [-0.4, -0.2) is 55.2 Å². The number of aromatic nitrogens is 3. The smallest absolute Gasteiger partial charge is 0.252 e. The van der Waals surface area contributed by atoms with Gasteiger partial charge in [-0.25, -0.2) is 0 Å². The molecule has 28 heavy (non-hydrogen) atoms. The summed E-state index contributed by atoms with van der Waals surface area (Å²) in [5.41, 5.74) is 0.00964. The first-order chi connectivity index (χ1) is 13.6.